The molecule has 1 aliphatic rings. The lowest BCUT2D eigenvalue weighted by Gasteiger charge is -2.14. The van der Waals surface area contributed by atoms with Gasteiger partial charge in [0.15, 0.2) is 11.5 Å². The number of carbonyl (C=O) groups is 1. The number of fused-ring (bicyclic) bond motifs is 2. The molecule has 1 N–H and O–H groups in total. The molecule has 4 rings (SSSR count). The third kappa shape index (κ3) is 2.32. The van der Waals surface area contributed by atoms with Crippen molar-refractivity contribution in [3.05, 3.63) is 58.1 Å². The van der Waals surface area contributed by atoms with Crippen molar-refractivity contribution < 1.29 is 14.3 Å². The Hall–Kier alpha value is -3.35. The van der Waals surface area contributed by atoms with Crippen LogP contribution in [0.1, 0.15) is 17.2 Å². The third-order valence-electron chi connectivity index (χ3n) is 4.57. The van der Waals surface area contributed by atoms with Crippen molar-refractivity contribution in [2.75, 3.05) is 19.5 Å². The van der Waals surface area contributed by atoms with Gasteiger partial charge in [0.1, 0.15) is 6.04 Å². The zero-order valence-corrected chi connectivity index (χ0v) is 14.6. The zero-order chi connectivity index (χ0) is 18.4. The number of aromatic nitrogens is 2. The summed E-state index contributed by atoms with van der Waals surface area (Å²) in [5.41, 5.74) is 2.65. The summed E-state index contributed by atoms with van der Waals surface area (Å²) in [6, 6.07) is 8.15. The van der Waals surface area contributed by atoms with E-state index in [0.29, 0.717) is 28.1 Å². The van der Waals surface area contributed by atoms with E-state index in [1.54, 1.807) is 12.1 Å². The maximum absolute atomic E-state index is 13.1. The molecule has 2 aromatic carbocycles. The van der Waals surface area contributed by atoms with Crippen LogP contribution in [0.3, 0.4) is 0 Å². The maximum atomic E-state index is 13.1. The number of hydrogen-bond donors (Lipinski definition) is 1. The first kappa shape index (κ1) is 16.1. The second kappa shape index (κ2) is 5.87. The summed E-state index contributed by atoms with van der Waals surface area (Å²) < 4.78 is 11.9. The van der Waals surface area contributed by atoms with E-state index in [1.165, 1.54) is 25.1 Å². The summed E-state index contributed by atoms with van der Waals surface area (Å²) in [6.07, 6.45) is 1.40. The summed E-state index contributed by atoms with van der Waals surface area (Å²) in [5.74, 6) is 0.669. The van der Waals surface area contributed by atoms with E-state index in [2.05, 4.69) is 10.3 Å². The number of nitrogens with one attached hydrogen (secondary N) is 1. The van der Waals surface area contributed by atoms with E-state index in [4.69, 9.17) is 9.47 Å². The topological polar surface area (TPSA) is 82.5 Å². The molecular weight excluding hydrogens is 334 g/mol. The molecular formula is C19H17N3O4. The van der Waals surface area contributed by atoms with Gasteiger partial charge in [-0.15, -0.1) is 0 Å². The van der Waals surface area contributed by atoms with Gasteiger partial charge in [-0.05, 0) is 19.1 Å². The van der Waals surface area contributed by atoms with Crippen LogP contribution >= 0.6 is 0 Å². The Kier molecular flexibility index (Phi) is 3.64. The lowest BCUT2D eigenvalue weighted by molar-refractivity contribution is -0.117. The number of hydrogen-bond acceptors (Lipinski definition) is 5. The molecule has 7 nitrogen and oxygen atoms in total. The van der Waals surface area contributed by atoms with E-state index in [1.807, 2.05) is 25.1 Å². The van der Waals surface area contributed by atoms with Crippen molar-refractivity contribution in [3.8, 4) is 11.5 Å². The van der Waals surface area contributed by atoms with E-state index in [9.17, 15) is 9.59 Å². The number of nitrogens with zero attached hydrogens (tertiary/aromatic N) is 2. The van der Waals surface area contributed by atoms with Gasteiger partial charge < -0.3 is 14.8 Å². The van der Waals surface area contributed by atoms with Crippen molar-refractivity contribution >= 4 is 22.5 Å². The van der Waals surface area contributed by atoms with Crippen LogP contribution < -0.4 is 20.3 Å². The summed E-state index contributed by atoms with van der Waals surface area (Å²) >= 11 is 0. The minimum absolute atomic E-state index is 0.255. The minimum atomic E-state index is -0.748. The average molecular weight is 351 g/mol. The molecule has 3 aromatic rings. The molecule has 0 saturated carbocycles. The summed E-state index contributed by atoms with van der Waals surface area (Å²) in [6.45, 7) is 1.94. The van der Waals surface area contributed by atoms with Gasteiger partial charge in [-0.3, -0.25) is 14.2 Å². The number of amides is 1. The van der Waals surface area contributed by atoms with Gasteiger partial charge >= 0.3 is 0 Å². The Morgan fingerprint density at radius 2 is 1.81 bits per heavy atom. The number of carbonyl (C=O) groups excluding carboxylic acids is 1. The molecule has 1 atom stereocenters. The molecule has 7 heteroatoms. The van der Waals surface area contributed by atoms with Crippen LogP contribution in [0.5, 0.6) is 11.5 Å². The molecule has 0 bridgehead atoms. The normalized spacial score (nSPS) is 15.7. The number of methoxy groups -OCH3 is 2. The monoisotopic (exact) mass is 351 g/mol. The fraction of sp³-hybridized carbons (Fsp3) is 0.211. The highest BCUT2D eigenvalue weighted by atomic mass is 16.5. The third-order valence-corrected chi connectivity index (χ3v) is 4.57. The second-order valence-electron chi connectivity index (χ2n) is 6.16. The molecule has 0 fully saturated rings. The Bertz CT molecular complexity index is 1100. The second-order valence-corrected chi connectivity index (χ2v) is 6.16. The predicted octanol–water partition coefficient (Wildman–Crippen LogP) is 2.26. The van der Waals surface area contributed by atoms with Crippen molar-refractivity contribution in [3.63, 3.8) is 0 Å². The van der Waals surface area contributed by atoms with E-state index in [-0.39, 0.29) is 11.5 Å². The molecule has 1 aromatic heterocycles. The number of aryl methyl sites for hydroxylation is 1. The van der Waals surface area contributed by atoms with Gasteiger partial charge in [0.2, 0.25) is 0 Å². The van der Waals surface area contributed by atoms with E-state index >= 15 is 0 Å². The highest BCUT2D eigenvalue weighted by Gasteiger charge is 2.33. The van der Waals surface area contributed by atoms with E-state index in [0.717, 1.165) is 11.1 Å². The van der Waals surface area contributed by atoms with Crippen molar-refractivity contribution in [1.82, 2.24) is 9.55 Å². The van der Waals surface area contributed by atoms with Gasteiger partial charge in [0.25, 0.3) is 11.5 Å². The molecule has 26 heavy (non-hydrogen) atoms. The zero-order valence-electron chi connectivity index (χ0n) is 14.6. The number of anilines is 1. The highest BCUT2D eigenvalue weighted by Crippen LogP contribution is 2.34. The molecule has 132 valence electrons. The van der Waals surface area contributed by atoms with Crippen LogP contribution in [-0.4, -0.2) is 29.7 Å². The van der Waals surface area contributed by atoms with Crippen molar-refractivity contribution in [2.24, 2.45) is 0 Å². The lowest BCUT2D eigenvalue weighted by Crippen LogP contribution is -2.30. The van der Waals surface area contributed by atoms with Crippen molar-refractivity contribution in [1.29, 1.82) is 0 Å². The Morgan fingerprint density at radius 3 is 2.54 bits per heavy atom. The number of ether oxygens (including phenoxy) is 2. The summed E-state index contributed by atoms with van der Waals surface area (Å²) in [7, 11) is 3.02. The lowest BCUT2D eigenvalue weighted by atomic mass is 10.0. The van der Waals surface area contributed by atoms with Gasteiger partial charge in [-0.25, -0.2) is 4.98 Å². The molecule has 0 unspecified atom stereocenters. The van der Waals surface area contributed by atoms with Crippen LogP contribution in [0.25, 0.3) is 10.9 Å². The van der Waals surface area contributed by atoms with Gasteiger partial charge in [-0.1, -0.05) is 17.7 Å². The fourth-order valence-electron chi connectivity index (χ4n) is 3.29. The van der Waals surface area contributed by atoms with Crippen LogP contribution in [0.15, 0.2) is 41.5 Å². The van der Waals surface area contributed by atoms with Crippen LogP contribution in [0.4, 0.5) is 5.69 Å². The Balaban J connectivity index is 1.94. The van der Waals surface area contributed by atoms with Gasteiger partial charge in [0, 0.05) is 17.3 Å². The number of benzene rings is 2. The van der Waals surface area contributed by atoms with Gasteiger partial charge in [0.05, 0.1) is 31.4 Å². The average Bonchev–Trinajstić information content (AvgIpc) is 2.96. The predicted molar refractivity (Wildman–Crippen MR) is 97.1 cm³/mol. The maximum Gasteiger partial charge on any atom is 0.262 e. The van der Waals surface area contributed by atoms with Crippen LogP contribution in [0, 0.1) is 6.92 Å². The molecule has 0 saturated heterocycles. The first-order valence-corrected chi connectivity index (χ1v) is 8.07. The Labute approximate surface area is 149 Å². The molecule has 2 heterocycles. The summed E-state index contributed by atoms with van der Waals surface area (Å²) in [5, 5.41) is 3.18. The first-order chi connectivity index (χ1) is 12.5. The number of rotatable bonds is 3. The molecule has 1 aliphatic heterocycles. The standard InChI is InChI=1S/C19H17N3O4/c1-10-4-5-13-11(6-10)17(18(23)21-13)22-9-20-14-8-16(26-3)15(25-2)7-12(14)19(22)24/h4-9,17H,1-3H3,(H,21,23)/t17-/m0/s1. The van der Waals surface area contributed by atoms with E-state index < -0.39 is 6.04 Å². The largest absolute Gasteiger partial charge is 0.493 e. The SMILES string of the molecule is COc1cc2ncn([C@@H]3C(=O)Nc4ccc(C)cc43)c(=O)c2cc1OC. The fourth-order valence-corrected chi connectivity index (χ4v) is 3.29. The Morgan fingerprint density at radius 1 is 1.08 bits per heavy atom. The highest BCUT2D eigenvalue weighted by molar-refractivity contribution is 6.03. The van der Waals surface area contributed by atoms with Crippen LogP contribution in [-0.2, 0) is 4.79 Å². The molecule has 0 spiro atoms. The molecule has 1 amide bonds. The summed E-state index contributed by atoms with van der Waals surface area (Å²) in [4.78, 5) is 29.9. The first-order valence-electron chi connectivity index (χ1n) is 8.07. The van der Waals surface area contributed by atoms with Gasteiger partial charge in [-0.2, -0.15) is 0 Å². The smallest absolute Gasteiger partial charge is 0.262 e. The molecule has 0 aliphatic carbocycles. The molecule has 0 radical (unpaired) electrons. The minimum Gasteiger partial charge on any atom is -0.493 e. The quantitative estimate of drug-likeness (QED) is 0.783. The van der Waals surface area contributed by atoms with Crippen molar-refractivity contribution in [2.45, 2.75) is 13.0 Å². The van der Waals surface area contributed by atoms with Crippen LogP contribution in [0.2, 0.25) is 0 Å².